The lowest BCUT2D eigenvalue weighted by molar-refractivity contribution is -0.115. The number of nitrogens with one attached hydrogen (secondary N) is 1. The van der Waals surface area contributed by atoms with E-state index in [1.54, 1.807) is 12.1 Å². The number of anilines is 1. The van der Waals surface area contributed by atoms with E-state index < -0.39 is 11.4 Å². The standard InChI is InChI=1S/C18H14FN5O2S/c19-14-3-1-12(2-4-14)7-18(25)23-15-5-6-16(17(8-15)27(21)26)24-11-13(9-20)10-22-24/h1-6,8,10-11H,7,21H2,(H,23,25). The minimum absolute atomic E-state index is 0.0633. The topological polar surface area (TPSA) is 120 Å². The Morgan fingerprint density at radius 3 is 2.70 bits per heavy atom. The fraction of sp³-hybridized carbons (Fsp3) is 0.0556. The van der Waals surface area contributed by atoms with Gasteiger partial charge in [0.15, 0.2) is 0 Å². The van der Waals surface area contributed by atoms with Crippen molar-refractivity contribution in [1.29, 1.82) is 5.26 Å². The lowest BCUT2D eigenvalue weighted by Crippen LogP contribution is -2.18. The Morgan fingerprint density at radius 2 is 2.07 bits per heavy atom. The summed E-state index contributed by atoms with van der Waals surface area (Å²) < 4.78 is 26.2. The van der Waals surface area contributed by atoms with Crippen molar-refractivity contribution in [2.75, 3.05) is 5.32 Å². The number of nitrogens with zero attached hydrogens (tertiary/aromatic N) is 3. The van der Waals surface area contributed by atoms with Gasteiger partial charge in [-0.3, -0.25) is 4.79 Å². The molecule has 27 heavy (non-hydrogen) atoms. The number of halogens is 1. The number of benzene rings is 2. The van der Waals surface area contributed by atoms with E-state index >= 15 is 0 Å². The van der Waals surface area contributed by atoms with Crippen LogP contribution in [0.4, 0.5) is 10.1 Å². The van der Waals surface area contributed by atoms with Gasteiger partial charge in [0.2, 0.25) is 10.8 Å². The number of carbonyl (C=O) groups is 1. The Balaban J connectivity index is 1.80. The Hall–Kier alpha value is -3.19. The first-order valence-corrected chi connectivity index (χ1v) is 8.97. The van der Waals surface area contributed by atoms with Gasteiger partial charge in [-0.25, -0.2) is 9.07 Å². The van der Waals surface area contributed by atoms with E-state index in [1.807, 2.05) is 6.07 Å². The van der Waals surface area contributed by atoms with Crippen LogP contribution in [0.5, 0.6) is 0 Å². The van der Waals surface area contributed by atoms with Crippen molar-refractivity contribution < 1.29 is 13.7 Å². The van der Waals surface area contributed by atoms with Crippen LogP contribution in [-0.2, 0) is 22.6 Å². The summed E-state index contributed by atoms with van der Waals surface area (Å²) in [6.45, 7) is 0. The molecule has 0 saturated heterocycles. The van der Waals surface area contributed by atoms with Crippen LogP contribution in [0.15, 0.2) is 59.8 Å². The van der Waals surface area contributed by atoms with Crippen LogP contribution in [-0.4, -0.2) is 20.2 Å². The van der Waals surface area contributed by atoms with E-state index in [0.717, 1.165) is 0 Å². The third-order valence-electron chi connectivity index (χ3n) is 3.70. The lowest BCUT2D eigenvalue weighted by Gasteiger charge is -2.12. The molecule has 0 aliphatic carbocycles. The zero-order valence-electron chi connectivity index (χ0n) is 13.9. The second kappa shape index (κ2) is 8.01. The summed E-state index contributed by atoms with van der Waals surface area (Å²) in [6, 6.07) is 12.3. The number of hydrogen-bond acceptors (Lipinski definition) is 5. The summed E-state index contributed by atoms with van der Waals surface area (Å²) >= 11 is -1.84. The van der Waals surface area contributed by atoms with Gasteiger partial charge in [-0.1, -0.05) is 12.1 Å². The summed E-state index contributed by atoms with van der Waals surface area (Å²) in [6.07, 6.45) is 2.92. The van der Waals surface area contributed by atoms with Gasteiger partial charge in [-0.05, 0) is 29.8 Å². The summed E-state index contributed by atoms with van der Waals surface area (Å²) in [4.78, 5) is 12.4. The highest BCUT2D eigenvalue weighted by Gasteiger charge is 2.17. The maximum atomic E-state index is 12.9. The fourth-order valence-corrected chi connectivity index (χ4v) is 3.06. The highest BCUT2D eigenvalue weighted by molar-refractivity contribution is 7.89. The molecule has 0 spiro atoms. The van der Waals surface area contributed by atoms with E-state index in [2.05, 4.69) is 10.4 Å². The molecule has 3 aromatic rings. The molecule has 9 heteroatoms. The minimum atomic E-state index is -1.84. The predicted molar refractivity (Wildman–Crippen MR) is 97.6 cm³/mol. The van der Waals surface area contributed by atoms with Crippen LogP contribution < -0.4 is 10.5 Å². The first-order valence-electron chi connectivity index (χ1n) is 7.76. The fourth-order valence-electron chi connectivity index (χ4n) is 2.45. The van der Waals surface area contributed by atoms with Gasteiger partial charge in [-0.2, -0.15) is 10.4 Å². The molecule has 0 aliphatic rings. The van der Waals surface area contributed by atoms with Gasteiger partial charge in [0.25, 0.3) is 0 Å². The maximum absolute atomic E-state index is 12.9. The van der Waals surface area contributed by atoms with Crippen molar-refractivity contribution in [3.63, 3.8) is 0 Å². The average molecular weight is 383 g/mol. The number of rotatable bonds is 5. The number of amides is 1. The van der Waals surface area contributed by atoms with E-state index in [0.29, 0.717) is 22.5 Å². The third-order valence-corrected chi connectivity index (χ3v) is 4.46. The molecule has 0 saturated carbocycles. The summed E-state index contributed by atoms with van der Waals surface area (Å²) in [5.41, 5.74) is 1.86. The lowest BCUT2D eigenvalue weighted by atomic mass is 10.1. The smallest absolute Gasteiger partial charge is 0.228 e. The van der Waals surface area contributed by atoms with Crippen LogP contribution in [0.3, 0.4) is 0 Å². The second-order valence-electron chi connectivity index (χ2n) is 5.62. The zero-order valence-corrected chi connectivity index (χ0v) is 14.7. The molecule has 1 aromatic heterocycles. The van der Waals surface area contributed by atoms with Crippen molar-refractivity contribution in [3.05, 3.63) is 71.8 Å². The Morgan fingerprint density at radius 1 is 1.33 bits per heavy atom. The van der Waals surface area contributed by atoms with Gasteiger partial charge < -0.3 is 9.87 Å². The maximum Gasteiger partial charge on any atom is 0.228 e. The van der Waals surface area contributed by atoms with Crippen molar-refractivity contribution in [2.24, 2.45) is 5.14 Å². The van der Waals surface area contributed by atoms with Crippen molar-refractivity contribution in [3.8, 4) is 11.8 Å². The molecule has 136 valence electrons. The summed E-state index contributed by atoms with van der Waals surface area (Å²) in [7, 11) is 0. The molecule has 3 rings (SSSR count). The number of hydrogen-bond donors (Lipinski definition) is 2. The van der Waals surface area contributed by atoms with Crippen LogP contribution in [0.1, 0.15) is 11.1 Å². The van der Waals surface area contributed by atoms with Crippen molar-refractivity contribution >= 4 is 23.0 Å². The zero-order chi connectivity index (χ0) is 19.4. The van der Waals surface area contributed by atoms with E-state index in [4.69, 9.17) is 10.4 Å². The molecule has 1 atom stereocenters. The second-order valence-corrected chi connectivity index (χ2v) is 6.65. The quantitative estimate of drug-likeness (QED) is 0.653. The van der Waals surface area contributed by atoms with Crippen molar-refractivity contribution in [2.45, 2.75) is 11.3 Å². The largest absolute Gasteiger partial charge is 0.593 e. The molecule has 3 N–H and O–H groups in total. The van der Waals surface area contributed by atoms with Crippen LogP contribution in [0, 0.1) is 17.1 Å². The third kappa shape index (κ3) is 4.51. The van der Waals surface area contributed by atoms with Gasteiger partial charge in [-0.15, -0.1) is 5.14 Å². The number of aromatic nitrogens is 2. The van der Waals surface area contributed by atoms with Crippen LogP contribution >= 0.6 is 0 Å². The van der Waals surface area contributed by atoms with Gasteiger partial charge in [0.1, 0.15) is 17.6 Å². The van der Waals surface area contributed by atoms with Gasteiger partial charge in [0, 0.05) is 18.0 Å². The Labute approximate surface area is 157 Å². The molecule has 1 heterocycles. The van der Waals surface area contributed by atoms with Crippen LogP contribution in [0.25, 0.3) is 5.69 Å². The van der Waals surface area contributed by atoms with E-state index in [-0.39, 0.29) is 23.0 Å². The normalized spacial score (nSPS) is 11.6. The highest BCUT2D eigenvalue weighted by atomic mass is 32.2. The van der Waals surface area contributed by atoms with Crippen LogP contribution in [0.2, 0.25) is 0 Å². The molecule has 1 amide bonds. The number of carbonyl (C=O) groups excluding carboxylic acids is 1. The Bertz CT molecular complexity index is 1010. The molecule has 0 fully saturated rings. The Kier molecular flexibility index (Phi) is 5.52. The minimum Gasteiger partial charge on any atom is -0.593 e. The summed E-state index contributed by atoms with van der Waals surface area (Å²) in [5, 5.41) is 21.2. The number of nitriles is 1. The molecule has 2 aromatic carbocycles. The number of nitrogens with two attached hydrogens (primary N) is 1. The first kappa shape index (κ1) is 18.6. The molecule has 7 nitrogen and oxygen atoms in total. The SMILES string of the molecule is N#Cc1cnn(-c2ccc(NC(=O)Cc3ccc(F)cc3)cc2[S+](N)[O-])c1. The molecule has 0 aliphatic heterocycles. The average Bonchev–Trinajstić information content (AvgIpc) is 3.12. The highest BCUT2D eigenvalue weighted by Crippen LogP contribution is 2.23. The van der Waals surface area contributed by atoms with E-state index in [9.17, 15) is 13.7 Å². The molecular weight excluding hydrogens is 369 g/mol. The molecule has 1 unspecified atom stereocenters. The van der Waals surface area contributed by atoms with Gasteiger partial charge in [0.05, 0.1) is 29.5 Å². The molecule has 0 bridgehead atoms. The van der Waals surface area contributed by atoms with Crippen molar-refractivity contribution in [1.82, 2.24) is 9.78 Å². The van der Waals surface area contributed by atoms with Gasteiger partial charge >= 0.3 is 0 Å². The monoisotopic (exact) mass is 383 g/mol. The molecular formula is C18H14FN5O2S. The van der Waals surface area contributed by atoms with E-state index in [1.165, 1.54) is 47.4 Å². The first-order chi connectivity index (χ1) is 13.0. The molecule has 0 radical (unpaired) electrons. The summed E-state index contributed by atoms with van der Waals surface area (Å²) in [5.74, 6) is -0.683. The predicted octanol–water partition coefficient (Wildman–Crippen LogP) is 2.05.